The number of para-hydroxylation sites is 1. The Hall–Kier alpha value is -5.48. The zero-order valence-corrected chi connectivity index (χ0v) is 37.7. The van der Waals surface area contributed by atoms with Crippen LogP contribution < -0.4 is 30.9 Å². The highest BCUT2D eigenvalue weighted by Gasteiger charge is 2.44. The summed E-state index contributed by atoms with van der Waals surface area (Å²) in [6.45, 7) is 8.18. The van der Waals surface area contributed by atoms with Gasteiger partial charge >= 0.3 is 0 Å². The lowest BCUT2D eigenvalue weighted by Crippen LogP contribution is -2.54. The molecule has 3 fully saturated rings. The number of nitrogens with one attached hydrogen (secondary N) is 3. The predicted octanol–water partition coefficient (Wildman–Crippen LogP) is 5.57. The smallest absolute Gasteiger partial charge is 0.262 e. The number of anilines is 5. The molecule has 330 valence electrons. The lowest BCUT2D eigenvalue weighted by molar-refractivity contribution is -0.136. The van der Waals surface area contributed by atoms with Crippen molar-refractivity contribution in [3.05, 3.63) is 83.0 Å². The van der Waals surface area contributed by atoms with Crippen molar-refractivity contribution in [2.24, 2.45) is 0 Å². The first kappa shape index (κ1) is 44.1. The van der Waals surface area contributed by atoms with Gasteiger partial charge in [0.05, 0.1) is 35.8 Å². The van der Waals surface area contributed by atoms with Crippen LogP contribution in [0.2, 0.25) is 5.02 Å². The Morgan fingerprint density at radius 3 is 2.38 bits per heavy atom. The summed E-state index contributed by atoms with van der Waals surface area (Å²) in [7, 11) is -0.936. The van der Waals surface area contributed by atoms with E-state index >= 15 is 0 Å². The van der Waals surface area contributed by atoms with Crippen molar-refractivity contribution in [1.29, 1.82) is 0 Å². The van der Waals surface area contributed by atoms with Gasteiger partial charge in [0.1, 0.15) is 24.0 Å². The minimum Gasteiger partial charge on any atom is -0.494 e. The van der Waals surface area contributed by atoms with Crippen LogP contribution in [0.25, 0.3) is 0 Å². The topological polar surface area (TPSA) is 186 Å². The fourth-order valence-electron chi connectivity index (χ4n) is 8.57. The van der Waals surface area contributed by atoms with Crippen molar-refractivity contribution in [1.82, 2.24) is 30.0 Å². The van der Waals surface area contributed by atoms with Crippen molar-refractivity contribution >= 4 is 94.2 Å². The molecule has 3 N–H and O–H groups in total. The van der Waals surface area contributed by atoms with E-state index in [1.807, 2.05) is 41.3 Å². The molecule has 1 aromatic heterocycles. The van der Waals surface area contributed by atoms with E-state index in [9.17, 15) is 28.5 Å². The number of rotatable bonds is 13. The third-order valence-electron chi connectivity index (χ3n) is 11.9. The molecule has 0 radical (unpaired) electrons. The van der Waals surface area contributed by atoms with Crippen molar-refractivity contribution < 1.29 is 33.3 Å². The van der Waals surface area contributed by atoms with Gasteiger partial charge in [-0.1, -0.05) is 23.7 Å². The Morgan fingerprint density at radius 1 is 0.905 bits per heavy atom. The van der Waals surface area contributed by atoms with E-state index in [0.717, 1.165) is 54.5 Å². The maximum absolute atomic E-state index is 13.2. The molecule has 0 spiro atoms. The molecule has 4 aromatic rings. The van der Waals surface area contributed by atoms with Crippen LogP contribution in [0.4, 0.5) is 28.8 Å². The normalized spacial score (nSPS) is 18.7. The number of ether oxygens (including phenoxy) is 1. The van der Waals surface area contributed by atoms with Crippen LogP contribution in [0, 0.1) is 0 Å². The molecule has 1 unspecified atom stereocenters. The number of methoxy groups -OCH3 is 1. The Kier molecular flexibility index (Phi) is 13.1. The number of aromatic nitrogens is 2. The van der Waals surface area contributed by atoms with E-state index in [1.54, 1.807) is 38.6 Å². The van der Waals surface area contributed by atoms with Gasteiger partial charge in [-0.2, -0.15) is 4.98 Å². The Labute approximate surface area is 374 Å². The zero-order valence-electron chi connectivity index (χ0n) is 35.3. The van der Waals surface area contributed by atoms with E-state index in [4.69, 9.17) is 16.3 Å². The summed E-state index contributed by atoms with van der Waals surface area (Å²) in [5.41, 5.74) is 2.88. The number of hydrogen-bond donors (Lipinski definition) is 3. The van der Waals surface area contributed by atoms with Crippen LogP contribution >= 0.6 is 30.5 Å². The standard InChI is InChI=1S/C44H49ClN9O7PS/c1-61-36-24-28(8-11-33(36)48-44-46-26-32(45)40(50-44)47-34-6-4-5-7-37(34)62(2,3)60)51-17-14-27(15-18-51)52-19-21-53(22-20-52)39(56)16-23-63-29-9-10-30-31(25-29)43(59)54(42(30)58)35-12-13-38(55)49-41(35)57/h4-11,24-27,35H,12-23H2,1-3H3,(H,49,55,57)(H2,46,47,48,50). The second-order valence-electron chi connectivity index (χ2n) is 16.3. The molecule has 0 aliphatic carbocycles. The first-order valence-electron chi connectivity index (χ1n) is 20.9. The van der Waals surface area contributed by atoms with Crippen molar-refractivity contribution in [3.8, 4) is 5.75 Å². The average Bonchev–Trinajstić information content (AvgIpc) is 3.52. The fourth-order valence-corrected chi connectivity index (χ4v) is 10.7. The third-order valence-corrected chi connectivity index (χ3v) is 14.7. The predicted molar refractivity (Wildman–Crippen MR) is 244 cm³/mol. The summed E-state index contributed by atoms with van der Waals surface area (Å²) >= 11 is 7.92. The molecule has 5 amide bonds. The van der Waals surface area contributed by atoms with E-state index in [-0.39, 0.29) is 29.9 Å². The number of piperazine rings is 1. The van der Waals surface area contributed by atoms with Crippen LogP contribution in [-0.4, -0.2) is 132 Å². The fraction of sp³-hybridized carbons (Fsp3) is 0.386. The SMILES string of the molecule is COc1cc(N2CCC(N3CCN(C(=O)CCSc4ccc5c(c4)C(=O)N(C4CCC(=O)NC4=O)C5=O)CC3)CC2)ccc1Nc1ncc(Cl)c(Nc2ccccc2P(C)(C)=O)n1. The number of nitrogens with zero attached hydrogens (tertiary/aromatic N) is 6. The molecule has 4 aliphatic rings. The highest BCUT2D eigenvalue weighted by Crippen LogP contribution is 2.39. The lowest BCUT2D eigenvalue weighted by Gasteiger charge is -2.43. The van der Waals surface area contributed by atoms with E-state index in [1.165, 1.54) is 18.0 Å². The minimum atomic E-state index is -2.56. The molecular formula is C44H49ClN9O7PS. The van der Waals surface area contributed by atoms with E-state index in [2.05, 4.69) is 41.8 Å². The van der Waals surface area contributed by atoms with Crippen LogP contribution in [0.5, 0.6) is 5.75 Å². The highest BCUT2D eigenvalue weighted by atomic mass is 35.5. The molecular weight excluding hydrogens is 865 g/mol. The summed E-state index contributed by atoms with van der Waals surface area (Å²) < 4.78 is 18.7. The second-order valence-corrected chi connectivity index (χ2v) is 21.0. The Bertz CT molecular complexity index is 2510. The number of hydrogen-bond acceptors (Lipinski definition) is 14. The maximum Gasteiger partial charge on any atom is 0.262 e. The molecule has 4 aliphatic heterocycles. The van der Waals surface area contributed by atoms with Crippen LogP contribution in [-0.2, 0) is 18.9 Å². The van der Waals surface area contributed by atoms with Gasteiger partial charge in [-0.25, -0.2) is 4.98 Å². The molecule has 3 saturated heterocycles. The number of piperidine rings is 2. The molecule has 63 heavy (non-hydrogen) atoms. The number of benzene rings is 3. The molecule has 5 heterocycles. The van der Waals surface area contributed by atoms with Crippen LogP contribution in [0.1, 0.15) is 52.8 Å². The average molecular weight is 914 g/mol. The molecule has 1 atom stereocenters. The largest absolute Gasteiger partial charge is 0.494 e. The molecule has 0 saturated carbocycles. The summed E-state index contributed by atoms with van der Waals surface area (Å²) in [4.78, 5) is 80.9. The van der Waals surface area contributed by atoms with Crippen molar-refractivity contribution in [2.75, 3.05) is 81.0 Å². The molecule has 0 bridgehead atoms. The number of halogens is 1. The first-order chi connectivity index (χ1) is 30.3. The van der Waals surface area contributed by atoms with Crippen LogP contribution in [0.15, 0.2) is 71.8 Å². The lowest BCUT2D eigenvalue weighted by atomic mass is 10.0. The van der Waals surface area contributed by atoms with Crippen LogP contribution in [0.3, 0.4) is 0 Å². The van der Waals surface area contributed by atoms with Gasteiger partial charge in [0.15, 0.2) is 5.82 Å². The van der Waals surface area contributed by atoms with Gasteiger partial charge in [0.25, 0.3) is 11.8 Å². The van der Waals surface area contributed by atoms with Gasteiger partial charge in [-0.15, -0.1) is 11.8 Å². The van der Waals surface area contributed by atoms with Gasteiger partial charge in [0, 0.05) is 85.9 Å². The molecule has 8 rings (SSSR count). The monoisotopic (exact) mass is 913 g/mol. The summed E-state index contributed by atoms with van der Waals surface area (Å²) in [6.07, 6.45) is 4.02. The number of carbonyl (C=O) groups is 5. The Morgan fingerprint density at radius 2 is 1.65 bits per heavy atom. The van der Waals surface area contributed by atoms with E-state index < -0.39 is 36.8 Å². The summed E-state index contributed by atoms with van der Waals surface area (Å²) in [6, 6.07) is 17.8. The quantitative estimate of drug-likeness (QED) is 0.0859. The summed E-state index contributed by atoms with van der Waals surface area (Å²) in [5, 5.41) is 9.73. The zero-order chi connectivity index (χ0) is 44.4. The van der Waals surface area contributed by atoms with Crippen molar-refractivity contribution in [2.45, 2.75) is 49.1 Å². The maximum atomic E-state index is 13.2. The number of thioether (sulfide) groups is 1. The molecule has 19 heteroatoms. The van der Waals surface area contributed by atoms with Gasteiger partial charge < -0.3 is 29.7 Å². The number of carbonyl (C=O) groups excluding carboxylic acids is 5. The van der Waals surface area contributed by atoms with Crippen molar-refractivity contribution in [3.63, 3.8) is 0 Å². The number of imide groups is 2. The molecule has 16 nitrogen and oxygen atoms in total. The Balaban J connectivity index is 0.788. The van der Waals surface area contributed by atoms with E-state index in [0.29, 0.717) is 70.5 Å². The van der Waals surface area contributed by atoms with Gasteiger partial charge in [-0.3, -0.25) is 39.1 Å². The minimum absolute atomic E-state index is 0.0636. The number of amides is 5. The second kappa shape index (κ2) is 18.7. The highest BCUT2D eigenvalue weighted by molar-refractivity contribution is 7.99. The summed E-state index contributed by atoms with van der Waals surface area (Å²) in [5.74, 6) is -0.191. The van der Waals surface area contributed by atoms with Gasteiger partial charge in [0.2, 0.25) is 23.7 Å². The van der Waals surface area contributed by atoms with Gasteiger partial charge in [-0.05, 0) is 75.1 Å². The molecule has 3 aromatic carbocycles. The number of fused-ring (bicyclic) bond motifs is 1. The first-order valence-corrected chi connectivity index (χ1v) is 24.9. The third kappa shape index (κ3) is 9.71.